The van der Waals surface area contributed by atoms with E-state index in [1.54, 1.807) is 0 Å². The number of hydrogen-bond acceptors (Lipinski definition) is 3. The molecular formula is C14H21N3OS. The lowest BCUT2D eigenvalue weighted by atomic mass is 10.2. The van der Waals surface area contributed by atoms with Crippen molar-refractivity contribution in [3.63, 3.8) is 0 Å². The molecule has 104 valence electrons. The van der Waals surface area contributed by atoms with Crippen LogP contribution in [0.25, 0.3) is 0 Å². The highest BCUT2D eigenvalue weighted by molar-refractivity contribution is 7.80. The van der Waals surface area contributed by atoms with Crippen LogP contribution >= 0.6 is 12.2 Å². The number of anilines is 1. The second kappa shape index (κ2) is 7.21. The van der Waals surface area contributed by atoms with Gasteiger partial charge >= 0.3 is 0 Å². The van der Waals surface area contributed by atoms with Crippen molar-refractivity contribution in [1.29, 1.82) is 0 Å². The Morgan fingerprint density at radius 2 is 2.00 bits per heavy atom. The molecule has 0 aliphatic rings. The Morgan fingerprint density at radius 1 is 1.42 bits per heavy atom. The normalized spacial score (nSPS) is 12.2. The molecule has 0 spiro atoms. The van der Waals surface area contributed by atoms with Crippen molar-refractivity contribution in [2.24, 2.45) is 11.7 Å². The molecule has 1 rings (SSSR count). The second-order valence-electron chi connectivity index (χ2n) is 4.91. The van der Waals surface area contributed by atoms with Crippen LogP contribution in [0.2, 0.25) is 0 Å². The number of nitrogens with two attached hydrogens (primary N) is 1. The largest absolute Gasteiger partial charge is 0.393 e. The SMILES string of the molecule is Cc1ccc(NC(=O)CN(C)CC(C)C(N)=S)cc1. The maximum Gasteiger partial charge on any atom is 0.238 e. The summed E-state index contributed by atoms with van der Waals surface area (Å²) in [6.07, 6.45) is 0. The smallest absolute Gasteiger partial charge is 0.238 e. The third kappa shape index (κ3) is 5.81. The second-order valence-corrected chi connectivity index (χ2v) is 5.39. The Bertz CT molecular complexity index is 445. The van der Waals surface area contributed by atoms with E-state index in [1.165, 1.54) is 5.56 Å². The van der Waals surface area contributed by atoms with E-state index in [0.29, 0.717) is 18.1 Å². The van der Waals surface area contributed by atoms with Crippen molar-refractivity contribution >= 4 is 28.8 Å². The number of carbonyl (C=O) groups excluding carboxylic acids is 1. The van der Waals surface area contributed by atoms with Crippen molar-refractivity contribution < 1.29 is 4.79 Å². The van der Waals surface area contributed by atoms with Crippen LogP contribution in [0.3, 0.4) is 0 Å². The lowest BCUT2D eigenvalue weighted by molar-refractivity contribution is -0.117. The van der Waals surface area contributed by atoms with Gasteiger partial charge in [0.05, 0.1) is 11.5 Å². The highest BCUT2D eigenvalue weighted by Crippen LogP contribution is 2.08. The van der Waals surface area contributed by atoms with Gasteiger partial charge in [0.2, 0.25) is 5.91 Å². The first-order chi connectivity index (χ1) is 8.88. The minimum Gasteiger partial charge on any atom is -0.393 e. The van der Waals surface area contributed by atoms with Gasteiger partial charge in [-0.25, -0.2) is 0 Å². The maximum absolute atomic E-state index is 11.8. The number of rotatable bonds is 6. The summed E-state index contributed by atoms with van der Waals surface area (Å²) < 4.78 is 0. The topological polar surface area (TPSA) is 58.4 Å². The molecule has 0 fully saturated rings. The quantitative estimate of drug-likeness (QED) is 0.780. The van der Waals surface area contributed by atoms with Crippen LogP contribution in [0, 0.1) is 12.8 Å². The average Bonchev–Trinajstić information content (AvgIpc) is 2.31. The Morgan fingerprint density at radius 3 is 2.53 bits per heavy atom. The Kier molecular flexibility index (Phi) is 5.92. The predicted octanol–water partition coefficient (Wildman–Crippen LogP) is 1.79. The third-order valence-electron chi connectivity index (χ3n) is 2.82. The van der Waals surface area contributed by atoms with Crippen LogP contribution < -0.4 is 11.1 Å². The van der Waals surface area contributed by atoms with E-state index < -0.39 is 0 Å². The number of carbonyl (C=O) groups is 1. The summed E-state index contributed by atoms with van der Waals surface area (Å²) >= 11 is 4.92. The molecule has 0 radical (unpaired) electrons. The molecule has 1 aromatic rings. The average molecular weight is 279 g/mol. The minimum atomic E-state index is -0.0403. The number of nitrogens with zero attached hydrogens (tertiary/aromatic N) is 1. The molecule has 19 heavy (non-hydrogen) atoms. The van der Waals surface area contributed by atoms with E-state index in [0.717, 1.165) is 5.69 Å². The first kappa shape index (κ1) is 15.6. The molecule has 3 N–H and O–H groups in total. The first-order valence-electron chi connectivity index (χ1n) is 6.23. The molecule has 5 heteroatoms. The Balaban J connectivity index is 2.42. The van der Waals surface area contributed by atoms with Crippen molar-refractivity contribution in [1.82, 2.24) is 4.90 Å². The standard InChI is InChI=1S/C14H21N3OS/c1-10-4-6-12(7-5-10)16-13(18)9-17(3)8-11(2)14(15)19/h4-7,11H,8-9H2,1-3H3,(H2,15,19)(H,16,18). The number of amides is 1. The Labute approximate surface area is 120 Å². The minimum absolute atomic E-state index is 0.0403. The molecule has 0 saturated carbocycles. The van der Waals surface area contributed by atoms with E-state index in [-0.39, 0.29) is 11.8 Å². The van der Waals surface area contributed by atoms with Gasteiger partial charge in [-0.1, -0.05) is 36.8 Å². The van der Waals surface area contributed by atoms with Crippen LogP contribution in [0.15, 0.2) is 24.3 Å². The van der Waals surface area contributed by atoms with Crippen molar-refractivity contribution in [2.75, 3.05) is 25.5 Å². The summed E-state index contributed by atoms with van der Waals surface area (Å²) in [5.41, 5.74) is 7.54. The fourth-order valence-corrected chi connectivity index (χ4v) is 1.78. The summed E-state index contributed by atoms with van der Waals surface area (Å²) in [5.74, 6) is 0.0636. The number of likely N-dealkylation sites (N-methyl/N-ethyl adjacent to an activating group) is 1. The van der Waals surface area contributed by atoms with Crippen LogP contribution in [0.1, 0.15) is 12.5 Å². The van der Waals surface area contributed by atoms with Gasteiger partial charge in [0.1, 0.15) is 0 Å². The van der Waals surface area contributed by atoms with E-state index in [1.807, 2.05) is 50.1 Å². The molecule has 0 saturated heterocycles. The van der Waals surface area contributed by atoms with Crippen LogP contribution in [-0.4, -0.2) is 35.9 Å². The van der Waals surface area contributed by atoms with Crippen molar-refractivity contribution in [3.05, 3.63) is 29.8 Å². The van der Waals surface area contributed by atoms with Gasteiger partial charge in [-0.05, 0) is 26.1 Å². The van der Waals surface area contributed by atoms with E-state index in [4.69, 9.17) is 18.0 Å². The molecule has 1 amide bonds. The fraction of sp³-hybridized carbons (Fsp3) is 0.429. The molecule has 0 aliphatic heterocycles. The molecule has 0 aromatic heterocycles. The molecular weight excluding hydrogens is 258 g/mol. The monoisotopic (exact) mass is 279 g/mol. The number of hydrogen-bond donors (Lipinski definition) is 2. The fourth-order valence-electron chi connectivity index (χ4n) is 1.70. The summed E-state index contributed by atoms with van der Waals surface area (Å²) in [5, 5.41) is 2.86. The molecule has 1 aromatic carbocycles. The van der Waals surface area contributed by atoms with Gasteiger partial charge < -0.3 is 11.1 Å². The highest BCUT2D eigenvalue weighted by atomic mass is 32.1. The van der Waals surface area contributed by atoms with E-state index in [9.17, 15) is 4.79 Å². The molecule has 0 aliphatic carbocycles. The van der Waals surface area contributed by atoms with Gasteiger partial charge in [0, 0.05) is 18.2 Å². The molecule has 4 nitrogen and oxygen atoms in total. The van der Waals surface area contributed by atoms with Gasteiger partial charge in [-0.3, -0.25) is 9.69 Å². The van der Waals surface area contributed by atoms with E-state index in [2.05, 4.69) is 5.32 Å². The van der Waals surface area contributed by atoms with Gasteiger partial charge in [-0.2, -0.15) is 0 Å². The highest BCUT2D eigenvalue weighted by Gasteiger charge is 2.12. The third-order valence-corrected chi connectivity index (χ3v) is 3.22. The summed E-state index contributed by atoms with van der Waals surface area (Å²) in [7, 11) is 1.88. The zero-order valence-corrected chi connectivity index (χ0v) is 12.5. The Hall–Kier alpha value is -1.46. The van der Waals surface area contributed by atoms with Gasteiger partial charge in [0.25, 0.3) is 0 Å². The van der Waals surface area contributed by atoms with Crippen LogP contribution in [0.4, 0.5) is 5.69 Å². The van der Waals surface area contributed by atoms with Crippen molar-refractivity contribution in [2.45, 2.75) is 13.8 Å². The van der Waals surface area contributed by atoms with E-state index >= 15 is 0 Å². The maximum atomic E-state index is 11.8. The summed E-state index contributed by atoms with van der Waals surface area (Å²) in [6.45, 7) is 4.96. The number of benzene rings is 1. The number of nitrogens with one attached hydrogen (secondary N) is 1. The summed E-state index contributed by atoms with van der Waals surface area (Å²) in [4.78, 5) is 14.2. The molecule has 0 heterocycles. The lowest BCUT2D eigenvalue weighted by Gasteiger charge is -2.20. The first-order valence-corrected chi connectivity index (χ1v) is 6.63. The van der Waals surface area contributed by atoms with Gasteiger partial charge in [-0.15, -0.1) is 0 Å². The molecule has 0 bridgehead atoms. The number of aryl methyl sites for hydroxylation is 1. The molecule has 1 atom stereocenters. The zero-order chi connectivity index (χ0) is 14.4. The van der Waals surface area contributed by atoms with Gasteiger partial charge in [0.15, 0.2) is 0 Å². The number of thiocarbonyl (C=S) groups is 1. The zero-order valence-electron chi connectivity index (χ0n) is 11.6. The summed E-state index contributed by atoms with van der Waals surface area (Å²) in [6, 6.07) is 7.72. The predicted molar refractivity (Wildman–Crippen MR) is 83.3 cm³/mol. The lowest BCUT2D eigenvalue weighted by Crippen LogP contribution is -2.36. The van der Waals surface area contributed by atoms with Crippen molar-refractivity contribution in [3.8, 4) is 0 Å². The van der Waals surface area contributed by atoms with Crippen LogP contribution in [-0.2, 0) is 4.79 Å². The molecule has 1 unspecified atom stereocenters. The van der Waals surface area contributed by atoms with Crippen LogP contribution in [0.5, 0.6) is 0 Å².